The third kappa shape index (κ3) is 4.63. The van der Waals surface area contributed by atoms with E-state index in [1.54, 1.807) is 7.11 Å². The average molecular weight is 293 g/mol. The molecule has 1 saturated heterocycles. The smallest absolute Gasteiger partial charge is 0.320 e. The maximum Gasteiger partial charge on any atom is 0.320 e. The van der Waals surface area contributed by atoms with Gasteiger partial charge in [0.25, 0.3) is 0 Å². The second kappa shape index (κ2) is 7.88. The van der Waals surface area contributed by atoms with Crippen LogP contribution in [0.3, 0.4) is 0 Å². The molecule has 1 fully saturated rings. The van der Waals surface area contributed by atoms with E-state index in [0.717, 1.165) is 43.7 Å². The van der Waals surface area contributed by atoms with Crippen LogP contribution in [0.1, 0.15) is 25.7 Å². The molecule has 0 radical (unpaired) electrons. The number of carboxylic acid groups (broad SMARTS) is 1. The molecule has 5 heteroatoms. The molecule has 1 aliphatic heterocycles. The van der Waals surface area contributed by atoms with Crippen LogP contribution in [0.5, 0.6) is 11.5 Å². The molecule has 1 atom stereocenters. The summed E-state index contributed by atoms with van der Waals surface area (Å²) in [5.41, 5.74) is 0. The number of carbonyl (C=O) groups is 1. The fourth-order valence-electron chi connectivity index (χ4n) is 2.67. The van der Waals surface area contributed by atoms with E-state index in [0.29, 0.717) is 13.2 Å². The zero-order valence-corrected chi connectivity index (χ0v) is 12.5. The van der Waals surface area contributed by atoms with Gasteiger partial charge in [-0.1, -0.05) is 12.8 Å². The monoisotopic (exact) mass is 293 g/mol. The van der Waals surface area contributed by atoms with Gasteiger partial charge in [-0.25, -0.2) is 0 Å². The Morgan fingerprint density at radius 2 is 1.95 bits per heavy atom. The Morgan fingerprint density at radius 1 is 1.24 bits per heavy atom. The molecule has 1 aromatic carbocycles. The molecule has 1 heterocycles. The number of hydrogen-bond acceptors (Lipinski definition) is 4. The topological polar surface area (TPSA) is 59.0 Å². The quantitative estimate of drug-likeness (QED) is 0.872. The van der Waals surface area contributed by atoms with Crippen LogP contribution in [0.2, 0.25) is 0 Å². The van der Waals surface area contributed by atoms with Crippen molar-refractivity contribution in [1.82, 2.24) is 4.90 Å². The number of hydrogen-bond donors (Lipinski definition) is 1. The van der Waals surface area contributed by atoms with E-state index in [-0.39, 0.29) is 6.04 Å². The van der Waals surface area contributed by atoms with Gasteiger partial charge in [-0.2, -0.15) is 0 Å². The van der Waals surface area contributed by atoms with Crippen molar-refractivity contribution < 1.29 is 19.4 Å². The maximum absolute atomic E-state index is 11.3. The van der Waals surface area contributed by atoms with Crippen molar-refractivity contribution >= 4 is 5.97 Å². The summed E-state index contributed by atoms with van der Waals surface area (Å²) < 4.78 is 10.8. The van der Waals surface area contributed by atoms with Crippen molar-refractivity contribution in [1.29, 1.82) is 0 Å². The van der Waals surface area contributed by atoms with Gasteiger partial charge in [0, 0.05) is 6.54 Å². The molecule has 1 unspecified atom stereocenters. The van der Waals surface area contributed by atoms with E-state index >= 15 is 0 Å². The van der Waals surface area contributed by atoms with Crippen molar-refractivity contribution in [3.05, 3.63) is 24.3 Å². The lowest BCUT2D eigenvalue weighted by Crippen LogP contribution is -2.42. The zero-order valence-electron chi connectivity index (χ0n) is 12.5. The molecule has 2 rings (SSSR count). The minimum absolute atomic E-state index is 0.369. The van der Waals surface area contributed by atoms with Crippen molar-refractivity contribution in [2.45, 2.75) is 31.7 Å². The summed E-state index contributed by atoms with van der Waals surface area (Å²) >= 11 is 0. The van der Waals surface area contributed by atoms with Gasteiger partial charge in [0.05, 0.1) is 7.11 Å². The van der Waals surface area contributed by atoms with Crippen molar-refractivity contribution in [3.8, 4) is 11.5 Å². The van der Waals surface area contributed by atoms with E-state index in [9.17, 15) is 9.90 Å². The van der Waals surface area contributed by atoms with E-state index in [1.165, 1.54) is 0 Å². The molecule has 0 aromatic heterocycles. The summed E-state index contributed by atoms with van der Waals surface area (Å²) in [7, 11) is 1.63. The number of carboxylic acids is 1. The SMILES string of the molecule is COc1ccc(OCCN2CCCCCC2C(=O)O)cc1. The Hall–Kier alpha value is -1.75. The highest BCUT2D eigenvalue weighted by molar-refractivity contribution is 5.73. The molecule has 0 saturated carbocycles. The van der Waals surface area contributed by atoms with Gasteiger partial charge in [-0.15, -0.1) is 0 Å². The van der Waals surface area contributed by atoms with Crippen LogP contribution in [-0.2, 0) is 4.79 Å². The number of nitrogens with zero attached hydrogens (tertiary/aromatic N) is 1. The van der Waals surface area contributed by atoms with Crippen molar-refractivity contribution in [3.63, 3.8) is 0 Å². The summed E-state index contributed by atoms with van der Waals surface area (Å²) in [5.74, 6) is 0.847. The third-order valence-electron chi connectivity index (χ3n) is 3.86. The van der Waals surface area contributed by atoms with Gasteiger partial charge in [0.15, 0.2) is 0 Å². The van der Waals surface area contributed by atoms with Crippen LogP contribution in [-0.4, -0.2) is 48.8 Å². The highest BCUT2D eigenvalue weighted by Crippen LogP contribution is 2.19. The van der Waals surface area contributed by atoms with Crippen molar-refractivity contribution in [2.75, 3.05) is 26.8 Å². The fourth-order valence-corrected chi connectivity index (χ4v) is 2.67. The first-order chi connectivity index (χ1) is 10.2. The Morgan fingerprint density at radius 3 is 2.62 bits per heavy atom. The number of likely N-dealkylation sites (tertiary alicyclic amines) is 1. The molecular weight excluding hydrogens is 270 g/mol. The molecule has 1 aromatic rings. The molecule has 0 aliphatic carbocycles. The van der Waals surface area contributed by atoms with Gasteiger partial charge in [0.1, 0.15) is 24.1 Å². The van der Waals surface area contributed by atoms with Crippen LogP contribution in [0, 0.1) is 0 Å². The van der Waals surface area contributed by atoms with Crippen LogP contribution in [0.15, 0.2) is 24.3 Å². The molecule has 116 valence electrons. The Balaban J connectivity index is 1.83. The summed E-state index contributed by atoms with van der Waals surface area (Å²) in [6.45, 7) is 1.97. The fraction of sp³-hybridized carbons (Fsp3) is 0.562. The Bertz CT molecular complexity index is 446. The number of methoxy groups -OCH3 is 1. The van der Waals surface area contributed by atoms with Crippen LogP contribution >= 0.6 is 0 Å². The van der Waals surface area contributed by atoms with Gasteiger partial charge in [0.2, 0.25) is 0 Å². The summed E-state index contributed by atoms with van der Waals surface area (Å²) in [6.07, 6.45) is 3.90. The van der Waals surface area contributed by atoms with Gasteiger partial charge >= 0.3 is 5.97 Å². The van der Waals surface area contributed by atoms with Crippen molar-refractivity contribution in [2.24, 2.45) is 0 Å². The van der Waals surface area contributed by atoms with Crippen LogP contribution in [0.25, 0.3) is 0 Å². The molecule has 0 amide bonds. The summed E-state index contributed by atoms with van der Waals surface area (Å²) in [5, 5.41) is 9.31. The summed E-state index contributed by atoms with van der Waals surface area (Å²) in [6, 6.07) is 7.04. The van der Waals surface area contributed by atoms with Gasteiger partial charge < -0.3 is 14.6 Å². The minimum Gasteiger partial charge on any atom is -0.497 e. The number of ether oxygens (including phenoxy) is 2. The molecule has 21 heavy (non-hydrogen) atoms. The number of benzene rings is 1. The first-order valence-corrected chi connectivity index (χ1v) is 7.44. The molecule has 1 aliphatic rings. The zero-order chi connectivity index (χ0) is 15.1. The first kappa shape index (κ1) is 15.6. The lowest BCUT2D eigenvalue weighted by atomic mass is 10.1. The molecular formula is C16H23NO4. The van der Waals surface area contributed by atoms with Gasteiger partial charge in [-0.3, -0.25) is 9.69 Å². The Kier molecular flexibility index (Phi) is 5.87. The molecule has 0 spiro atoms. The van der Waals surface area contributed by atoms with Crippen LogP contribution in [0.4, 0.5) is 0 Å². The highest BCUT2D eigenvalue weighted by Gasteiger charge is 2.26. The highest BCUT2D eigenvalue weighted by atomic mass is 16.5. The number of rotatable bonds is 6. The van der Waals surface area contributed by atoms with E-state index in [2.05, 4.69) is 0 Å². The lowest BCUT2D eigenvalue weighted by Gasteiger charge is -2.26. The van der Waals surface area contributed by atoms with Crippen LogP contribution < -0.4 is 9.47 Å². The lowest BCUT2D eigenvalue weighted by molar-refractivity contribution is -0.143. The standard InChI is InChI=1S/C16H23NO4/c1-20-13-6-8-14(9-7-13)21-12-11-17-10-4-2-3-5-15(17)16(18)19/h6-9,15H,2-5,10-12H2,1H3,(H,18,19). The summed E-state index contributed by atoms with van der Waals surface area (Å²) in [4.78, 5) is 13.4. The molecule has 5 nitrogen and oxygen atoms in total. The van der Waals surface area contributed by atoms with E-state index in [1.807, 2.05) is 29.2 Å². The van der Waals surface area contributed by atoms with E-state index < -0.39 is 5.97 Å². The van der Waals surface area contributed by atoms with Gasteiger partial charge in [-0.05, 0) is 43.7 Å². The second-order valence-corrected chi connectivity index (χ2v) is 5.26. The average Bonchev–Trinajstić information content (AvgIpc) is 2.73. The molecule has 1 N–H and O–H groups in total. The largest absolute Gasteiger partial charge is 0.497 e. The minimum atomic E-state index is -0.721. The third-order valence-corrected chi connectivity index (χ3v) is 3.86. The second-order valence-electron chi connectivity index (χ2n) is 5.26. The predicted molar refractivity (Wildman–Crippen MR) is 80.0 cm³/mol. The predicted octanol–water partition coefficient (Wildman–Crippen LogP) is 2.40. The Labute approximate surface area is 125 Å². The van der Waals surface area contributed by atoms with E-state index in [4.69, 9.17) is 9.47 Å². The number of aliphatic carboxylic acids is 1. The normalized spacial score (nSPS) is 19.8. The first-order valence-electron chi connectivity index (χ1n) is 7.44. The maximum atomic E-state index is 11.3. The molecule has 0 bridgehead atoms.